The fourth-order valence-corrected chi connectivity index (χ4v) is 5.51. The van der Waals surface area contributed by atoms with Gasteiger partial charge in [0.2, 0.25) is 0 Å². The summed E-state index contributed by atoms with van der Waals surface area (Å²) in [5, 5.41) is 10.4. The van der Waals surface area contributed by atoms with Gasteiger partial charge in [-0.1, -0.05) is 0 Å². The van der Waals surface area contributed by atoms with Crippen molar-refractivity contribution in [1.82, 2.24) is 0 Å². The smallest absolute Gasteiger partial charge is 0.344 e. The molecule has 1 aromatic rings. The third-order valence-electron chi connectivity index (χ3n) is 7.97. The first kappa shape index (κ1) is 30.2. The lowest BCUT2D eigenvalue weighted by Crippen LogP contribution is -2.24. The zero-order valence-corrected chi connectivity index (χ0v) is 23.1. The first-order valence-corrected chi connectivity index (χ1v) is 14.3. The van der Waals surface area contributed by atoms with Crippen molar-refractivity contribution >= 4 is 23.9 Å². The zero-order chi connectivity index (χ0) is 29.6. The molecule has 13 heteroatoms. The Hall–Kier alpha value is -3.29. The van der Waals surface area contributed by atoms with Gasteiger partial charge in [0.1, 0.15) is 12.4 Å². The molecule has 4 aliphatic rings. The molecular weight excluding hydrogens is 559 g/mol. The molecule has 2 saturated carbocycles. The molecule has 0 aromatic heterocycles. The Balaban J connectivity index is 1.14. The highest BCUT2D eigenvalue weighted by Gasteiger charge is 2.44. The SMILES string of the molecule is O=C(COC(=O)c1cc(O)c(COCCF)cc1C(=O)OCC(=O)OCC1CCC2OC2C1)OCC1CCC2OC2C1. The first-order valence-electron chi connectivity index (χ1n) is 14.3. The highest BCUT2D eigenvalue weighted by Crippen LogP contribution is 2.40. The average Bonchev–Trinajstić information content (AvgIpc) is 3.92. The number of rotatable bonds is 14. The van der Waals surface area contributed by atoms with E-state index < -0.39 is 55.1 Å². The van der Waals surface area contributed by atoms with E-state index in [-0.39, 0.29) is 61.6 Å². The Morgan fingerprint density at radius 2 is 1.29 bits per heavy atom. The minimum atomic E-state index is -1.10. The maximum absolute atomic E-state index is 12.9. The zero-order valence-electron chi connectivity index (χ0n) is 23.1. The summed E-state index contributed by atoms with van der Waals surface area (Å²) in [5.74, 6) is -3.78. The molecule has 5 rings (SSSR count). The predicted octanol–water partition coefficient (Wildman–Crippen LogP) is 2.41. The van der Waals surface area contributed by atoms with Crippen LogP contribution in [0, 0.1) is 11.8 Å². The van der Waals surface area contributed by atoms with E-state index >= 15 is 0 Å². The molecular formula is C29H35FO12. The van der Waals surface area contributed by atoms with Gasteiger partial charge in [-0.2, -0.15) is 0 Å². The summed E-state index contributed by atoms with van der Waals surface area (Å²) in [6.45, 7) is -2.34. The second-order valence-electron chi connectivity index (χ2n) is 11.1. The van der Waals surface area contributed by atoms with Crippen molar-refractivity contribution in [2.24, 2.45) is 11.8 Å². The Morgan fingerprint density at radius 1 is 0.762 bits per heavy atom. The molecule has 6 unspecified atom stereocenters. The van der Waals surface area contributed by atoms with Crippen LogP contribution in [-0.2, 0) is 49.4 Å². The Bertz CT molecular complexity index is 1170. The third-order valence-corrected chi connectivity index (χ3v) is 7.97. The number of aromatic hydroxyl groups is 1. The van der Waals surface area contributed by atoms with Gasteiger partial charge in [-0.3, -0.25) is 0 Å². The quantitative estimate of drug-likeness (QED) is 0.145. The number of phenols is 1. The molecule has 2 aliphatic carbocycles. The van der Waals surface area contributed by atoms with Gasteiger partial charge in [0.25, 0.3) is 0 Å². The van der Waals surface area contributed by atoms with Crippen LogP contribution in [0.2, 0.25) is 0 Å². The van der Waals surface area contributed by atoms with Gasteiger partial charge in [0, 0.05) is 5.56 Å². The summed E-state index contributed by atoms with van der Waals surface area (Å²) in [4.78, 5) is 50.2. The average molecular weight is 595 g/mol. The van der Waals surface area contributed by atoms with Crippen molar-refractivity contribution < 1.29 is 61.8 Å². The summed E-state index contributed by atoms with van der Waals surface area (Å²) in [7, 11) is 0. The molecule has 1 aromatic carbocycles. The van der Waals surface area contributed by atoms with Crippen LogP contribution in [0.4, 0.5) is 4.39 Å². The summed E-state index contributed by atoms with van der Waals surface area (Å²) in [6, 6.07) is 2.08. The Kier molecular flexibility index (Phi) is 9.91. The molecule has 4 fully saturated rings. The minimum Gasteiger partial charge on any atom is -0.508 e. The lowest BCUT2D eigenvalue weighted by Gasteiger charge is -2.18. The lowest BCUT2D eigenvalue weighted by molar-refractivity contribution is -0.149. The molecule has 2 saturated heterocycles. The molecule has 2 heterocycles. The monoisotopic (exact) mass is 594 g/mol. The molecule has 230 valence electrons. The highest BCUT2D eigenvalue weighted by molar-refractivity contribution is 6.04. The minimum absolute atomic E-state index is 0.0706. The van der Waals surface area contributed by atoms with Crippen LogP contribution < -0.4 is 0 Å². The van der Waals surface area contributed by atoms with Gasteiger partial charge in [-0.25, -0.2) is 23.6 Å². The van der Waals surface area contributed by atoms with Gasteiger partial charge in [0.05, 0.1) is 62.0 Å². The number of epoxide rings is 2. The number of benzene rings is 1. The van der Waals surface area contributed by atoms with E-state index in [1.807, 2.05) is 0 Å². The molecule has 12 nitrogen and oxygen atoms in total. The fourth-order valence-electron chi connectivity index (χ4n) is 5.51. The van der Waals surface area contributed by atoms with Gasteiger partial charge in [-0.05, 0) is 62.5 Å². The largest absolute Gasteiger partial charge is 0.508 e. The summed E-state index contributed by atoms with van der Waals surface area (Å²) in [5.41, 5.74) is -0.678. The Morgan fingerprint density at radius 3 is 1.79 bits per heavy atom. The van der Waals surface area contributed by atoms with Crippen LogP contribution >= 0.6 is 0 Å². The van der Waals surface area contributed by atoms with E-state index in [1.165, 1.54) is 0 Å². The topological polar surface area (TPSA) is 160 Å². The molecule has 0 amide bonds. The second kappa shape index (κ2) is 13.8. The number of alkyl halides is 1. The maximum atomic E-state index is 12.9. The van der Waals surface area contributed by atoms with Crippen molar-refractivity contribution in [1.29, 1.82) is 0 Å². The fraction of sp³-hybridized carbons (Fsp3) is 0.655. The lowest BCUT2D eigenvalue weighted by atomic mass is 9.90. The van der Waals surface area contributed by atoms with Gasteiger partial charge < -0.3 is 38.3 Å². The standard InChI is InChI=1S/C29H35FO12/c30-5-6-36-13-18-9-19(28(34)39-14-26(32)37-11-16-1-3-22-24(7-16)41-22)20(10-21(18)31)29(35)40-15-27(33)38-12-17-2-4-23-25(8-17)42-23/h9-10,16-17,22-25,31H,1-8,11-15H2. The van der Waals surface area contributed by atoms with Crippen LogP contribution in [0.5, 0.6) is 5.75 Å². The van der Waals surface area contributed by atoms with Crippen LogP contribution in [0.1, 0.15) is 64.8 Å². The summed E-state index contributed by atoms with van der Waals surface area (Å²) < 4.78 is 49.1. The van der Waals surface area contributed by atoms with E-state index in [4.69, 9.17) is 33.2 Å². The van der Waals surface area contributed by atoms with Crippen LogP contribution in [0.25, 0.3) is 0 Å². The van der Waals surface area contributed by atoms with Crippen molar-refractivity contribution in [3.05, 3.63) is 28.8 Å². The van der Waals surface area contributed by atoms with Gasteiger partial charge in [0.15, 0.2) is 13.2 Å². The number of phenolic OH excluding ortho intramolecular Hbond substituents is 1. The van der Waals surface area contributed by atoms with Crippen LogP contribution in [0.15, 0.2) is 12.1 Å². The third kappa shape index (κ3) is 8.17. The second-order valence-corrected chi connectivity index (χ2v) is 11.1. The number of hydrogen-bond donors (Lipinski definition) is 1. The molecule has 0 bridgehead atoms. The van der Waals surface area contributed by atoms with Crippen molar-refractivity contribution in [2.75, 3.05) is 39.7 Å². The highest BCUT2D eigenvalue weighted by atomic mass is 19.1. The van der Waals surface area contributed by atoms with E-state index in [1.54, 1.807) is 0 Å². The van der Waals surface area contributed by atoms with E-state index in [9.17, 15) is 28.7 Å². The Labute approximate surface area is 241 Å². The van der Waals surface area contributed by atoms with Gasteiger partial charge >= 0.3 is 23.9 Å². The van der Waals surface area contributed by atoms with Crippen LogP contribution in [0.3, 0.4) is 0 Å². The maximum Gasteiger partial charge on any atom is 0.344 e. The number of carbonyl (C=O) groups excluding carboxylic acids is 4. The normalized spacial score (nSPS) is 27.2. The number of ether oxygens (including phenoxy) is 7. The number of hydrogen-bond acceptors (Lipinski definition) is 12. The van der Waals surface area contributed by atoms with Gasteiger partial charge in [-0.15, -0.1) is 0 Å². The number of halogens is 1. The van der Waals surface area contributed by atoms with Crippen molar-refractivity contribution in [3.63, 3.8) is 0 Å². The first-order chi connectivity index (χ1) is 20.3. The summed E-state index contributed by atoms with van der Waals surface area (Å²) in [6.07, 6.45) is 6.35. The number of esters is 4. The van der Waals surface area contributed by atoms with E-state index in [2.05, 4.69) is 0 Å². The molecule has 0 radical (unpaired) electrons. The molecule has 42 heavy (non-hydrogen) atoms. The predicted molar refractivity (Wildman–Crippen MR) is 138 cm³/mol. The van der Waals surface area contributed by atoms with Crippen molar-refractivity contribution in [3.8, 4) is 5.75 Å². The molecule has 1 N–H and O–H groups in total. The summed E-state index contributed by atoms with van der Waals surface area (Å²) >= 11 is 0. The number of fused-ring (bicyclic) bond motifs is 2. The number of carbonyl (C=O) groups is 4. The molecule has 2 aliphatic heterocycles. The van der Waals surface area contributed by atoms with Crippen molar-refractivity contribution in [2.45, 2.75) is 69.5 Å². The molecule has 6 atom stereocenters. The van der Waals surface area contributed by atoms with E-state index in [0.717, 1.165) is 50.7 Å². The van der Waals surface area contributed by atoms with Crippen LogP contribution in [-0.4, -0.2) is 93.1 Å². The van der Waals surface area contributed by atoms with E-state index in [0.29, 0.717) is 12.2 Å². The molecule has 0 spiro atoms.